The summed E-state index contributed by atoms with van der Waals surface area (Å²) in [7, 11) is 0. The van der Waals surface area contributed by atoms with Gasteiger partial charge in [-0.2, -0.15) is 0 Å². The molecule has 5 heteroatoms. The molecule has 2 heterocycles. The van der Waals surface area contributed by atoms with Gasteiger partial charge in [-0.3, -0.25) is 9.36 Å². The monoisotopic (exact) mass is 287 g/mol. The molecule has 1 aliphatic rings. The van der Waals surface area contributed by atoms with Crippen molar-refractivity contribution in [1.82, 2.24) is 14.5 Å². The molecule has 1 fully saturated rings. The number of hydrogen-bond acceptors (Lipinski definition) is 2. The van der Waals surface area contributed by atoms with Crippen LogP contribution in [0.25, 0.3) is 5.69 Å². The maximum Gasteiger partial charge on any atom is 0.272 e. The molecule has 1 unspecified atom stereocenters. The molecular weight excluding hydrogens is 269 g/mol. The summed E-state index contributed by atoms with van der Waals surface area (Å²) >= 11 is 0. The summed E-state index contributed by atoms with van der Waals surface area (Å²) in [4.78, 5) is 18.6. The van der Waals surface area contributed by atoms with Crippen LogP contribution in [0, 0.1) is 11.7 Å². The zero-order valence-electron chi connectivity index (χ0n) is 12.0. The molecule has 1 aromatic heterocycles. The van der Waals surface area contributed by atoms with Crippen molar-refractivity contribution in [3.05, 3.63) is 48.3 Å². The highest BCUT2D eigenvalue weighted by atomic mass is 19.1. The number of benzene rings is 1. The number of rotatable bonds is 2. The minimum absolute atomic E-state index is 0.0108. The number of imidazole rings is 1. The molecule has 0 bridgehead atoms. The first kappa shape index (κ1) is 13.8. The Morgan fingerprint density at radius 3 is 2.81 bits per heavy atom. The quantitative estimate of drug-likeness (QED) is 0.852. The van der Waals surface area contributed by atoms with E-state index in [0.29, 0.717) is 11.6 Å². The highest BCUT2D eigenvalue weighted by Crippen LogP contribution is 2.19. The number of halogens is 1. The Morgan fingerprint density at radius 2 is 2.10 bits per heavy atom. The van der Waals surface area contributed by atoms with E-state index in [1.807, 2.05) is 4.90 Å². The largest absolute Gasteiger partial charge is 0.337 e. The first-order chi connectivity index (χ1) is 10.1. The topological polar surface area (TPSA) is 38.1 Å². The predicted octanol–water partition coefficient (Wildman–Crippen LogP) is 2.88. The average molecular weight is 287 g/mol. The molecule has 1 aromatic carbocycles. The van der Waals surface area contributed by atoms with E-state index in [4.69, 9.17) is 0 Å². The van der Waals surface area contributed by atoms with Gasteiger partial charge in [0.25, 0.3) is 5.91 Å². The standard InChI is InChI=1S/C16H18FN3O/c1-12-3-2-8-19(10-12)16(21)15-9-18-11-20(15)14-6-4-13(17)5-7-14/h4-7,9,11-12H,2-3,8,10H2,1H3. The summed E-state index contributed by atoms with van der Waals surface area (Å²) < 4.78 is 14.7. The van der Waals surface area contributed by atoms with E-state index < -0.39 is 0 Å². The third-order valence-electron chi connectivity index (χ3n) is 3.91. The van der Waals surface area contributed by atoms with Crippen LogP contribution in [0.15, 0.2) is 36.8 Å². The van der Waals surface area contributed by atoms with E-state index in [1.165, 1.54) is 18.6 Å². The lowest BCUT2D eigenvalue weighted by atomic mass is 10.00. The lowest BCUT2D eigenvalue weighted by Gasteiger charge is -2.31. The second-order valence-corrected chi connectivity index (χ2v) is 5.62. The number of amides is 1. The van der Waals surface area contributed by atoms with Crippen molar-refractivity contribution in [3.8, 4) is 5.69 Å². The van der Waals surface area contributed by atoms with Crippen molar-refractivity contribution in [2.45, 2.75) is 19.8 Å². The number of nitrogens with zero attached hydrogens (tertiary/aromatic N) is 3. The molecule has 0 N–H and O–H groups in total. The van der Waals surface area contributed by atoms with Gasteiger partial charge in [-0.15, -0.1) is 0 Å². The summed E-state index contributed by atoms with van der Waals surface area (Å²) in [6, 6.07) is 6.05. The molecule has 0 radical (unpaired) electrons. The number of likely N-dealkylation sites (tertiary alicyclic amines) is 1. The van der Waals surface area contributed by atoms with E-state index in [0.717, 1.165) is 25.2 Å². The fourth-order valence-electron chi connectivity index (χ4n) is 2.80. The molecule has 1 saturated heterocycles. The molecule has 1 atom stereocenters. The van der Waals surface area contributed by atoms with Crippen LogP contribution in [0.3, 0.4) is 0 Å². The molecule has 110 valence electrons. The van der Waals surface area contributed by atoms with E-state index in [9.17, 15) is 9.18 Å². The first-order valence-corrected chi connectivity index (χ1v) is 7.22. The van der Waals surface area contributed by atoms with Crippen molar-refractivity contribution in [3.63, 3.8) is 0 Å². The first-order valence-electron chi connectivity index (χ1n) is 7.22. The predicted molar refractivity (Wildman–Crippen MR) is 77.8 cm³/mol. The van der Waals surface area contributed by atoms with Crippen molar-refractivity contribution in [2.75, 3.05) is 13.1 Å². The fourth-order valence-corrected chi connectivity index (χ4v) is 2.80. The lowest BCUT2D eigenvalue weighted by molar-refractivity contribution is 0.0675. The lowest BCUT2D eigenvalue weighted by Crippen LogP contribution is -2.39. The summed E-state index contributed by atoms with van der Waals surface area (Å²) in [6.45, 7) is 3.74. The van der Waals surface area contributed by atoms with Gasteiger partial charge in [0.05, 0.1) is 12.5 Å². The van der Waals surface area contributed by atoms with Crippen LogP contribution < -0.4 is 0 Å². The van der Waals surface area contributed by atoms with Crippen LogP contribution in [0.2, 0.25) is 0 Å². The summed E-state index contributed by atoms with van der Waals surface area (Å²) in [5.74, 6) is 0.227. The van der Waals surface area contributed by atoms with Crippen molar-refractivity contribution >= 4 is 5.91 Å². The van der Waals surface area contributed by atoms with Gasteiger partial charge >= 0.3 is 0 Å². The van der Waals surface area contributed by atoms with Crippen molar-refractivity contribution < 1.29 is 9.18 Å². The second-order valence-electron chi connectivity index (χ2n) is 5.62. The number of aromatic nitrogens is 2. The van der Waals surface area contributed by atoms with Crippen LogP contribution in [0.5, 0.6) is 0 Å². The van der Waals surface area contributed by atoms with Gasteiger partial charge in [-0.1, -0.05) is 6.92 Å². The molecule has 0 saturated carbocycles. The molecule has 1 aliphatic heterocycles. The zero-order valence-corrected chi connectivity index (χ0v) is 12.0. The van der Waals surface area contributed by atoms with E-state index >= 15 is 0 Å². The molecule has 2 aromatic rings. The van der Waals surface area contributed by atoms with Crippen LogP contribution in [-0.4, -0.2) is 33.4 Å². The number of hydrogen-bond donors (Lipinski definition) is 0. The summed E-state index contributed by atoms with van der Waals surface area (Å²) in [5.41, 5.74) is 1.26. The minimum Gasteiger partial charge on any atom is -0.337 e. The maximum atomic E-state index is 13.0. The fraction of sp³-hybridized carbons (Fsp3) is 0.375. The van der Waals surface area contributed by atoms with Crippen LogP contribution in [-0.2, 0) is 0 Å². The van der Waals surface area contributed by atoms with Gasteiger partial charge in [0.1, 0.15) is 11.5 Å². The second kappa shape index (κ2) is 5.68. The Hall–Kier alpha value is -2.17. The molecule has 4 nitrogen and oxygen atoms in total. The number of carbonyl (C=O) groups is 1. The van der Waals surface area contributed by atoms with Crippen LogP contribution in [0.4, 0.5) is 4.39 Å². The number of carbonyl (C=O) groups excluding carboxylic acids is 1. The van der Waals surface area contributed by atoms with Gasteiger partial charge in [0.15, 0.2) is 0 Å². The van der Waals surface area contributed by atoms with Gasteiger partial charge in [-0.25, -0.2) is 9.37 Å². The van der Waals surface area contributed by atoms with E-state index in [-0.39, 0.29) is 11.7 Å². The Balaban J connectivity index is 1.88. The number of piperidine rings is 1. The Kier molecular flexibility index (Phi) is 3.73. The molecule has 0 spiro atoms. The molecular formula is C16H18FN3O. The highest BCUT2D eigenvalue weighted by Gasteiger charge is 2.24. The van der Waals surface area contributed by atoms with Gasteiger partial charge in [0, 0.05) is 18.8 Å². The molecule has 21 heavy (non-hydrogen) atoms. The van der Waals surface area contributed by atoms with Crippen LogP contribution >= 0.6 is 0 Å². The Bertz CT molecular complexity index is 635. The SMILES string of the molecule is CC1CCCN(C(=O)c2cncn2-c2ccc(F)cc2)C1. The van der Waals surface area contributed by atoms with Crippen LogP contribution in [0.1, 0.15) is 30.3 Å². The molecule has 3 rings (SSSR count). The molecule has 0 aliphatic carbocycles. The van der Waals surface area contributed by atoms with Crippen molar-refractivity contribution in [1.29, 1.82) is 0 Å². The zero-order chi connectivity index (χ0) is 14.8. The van der Waals surface area contributed by atoms with Crippen molar-refractivity contribution in [2.24, 2.45) is 5.92 Å². The van der Waals surface area contributed by atoms with E-state index in [2.05, 4.69) is 11.9 Å². The maximum absolute atomic E-state index is 13.0. The Morgan fingerprint density at radius 1 is 1.33 bits per heavy atom. The smallest absolute Gasteiger partial charge is 0.272 e. The summed E-state index contributed by atoms with van der Waals surface area (Å²) in [5, 5.41) is 0. The average Bonchev–Trinajstić information content (AvgIpc) is 2.96. The van der Waals surface area contributed by atoms with Gasteiger partial charge in [-0.05, 0) is 43.0 Å². The normalized spacial score (nSPS) is 18.8. The molecule has 1 amide bonds. The van der Waals surface area contributed by atoms with Gasteiger partial charge < -0.3 is 4.90 Å². The summed E-state index contributed by atoms with van der Waals surface area (Å²) in [6.07, 6.45) is 5.37. The Labute approximate surface area is 123 Å². The highest BCUT2D eigenvalue weighted by molar-refractivity contribution is 5.93. The van der Waals surface area contributed by atoms with Gasteiger partial charge in [0.2, 0.25) is 0 Å². The third kappa shape index (κ3) is 2.82. The third-order valence-corrected chi connectivity index (χ3v) is 3.91. The minimum atomic E-state index is -0.295. The van der Waals surface area contributed by atoms with E-state index in [1.54, 1.807) is 29.2 Å².